The second-order valence-corrected chi connectivity index (χ2v) is 2.28. The van der Waals surface area contributed by atoms with Crippen molar-refractivity contribution >= 4 is 0 Å². The predicted molar refractivity (Wildman–Crippen MR) is 58.6 cm³/mol. The summed E-state index contributed by atoms with van der Waals surface area (Å²) in [7, 11) is 0. The zero-order valence-corrected chi connectivity index (χ0v) is 10.1. The molecular formula is C13H11FeNO2-2. The maximum Gasteiger partial charge on any atom is 0.0222 e. The average molecular weight is 269 g/mol. The first-order valence-corrected chi connectivity index (χ1v) is 4.20. The summed E-state index contributed by atoms with van der Waals surface area (Å²) in [5, 5.41) is 0. The first-order chi connectivity index (χ1) is 7.89. The van der Waals surface area contributed by atoms with Crippen molar-refractivity contribution in [3.63, 3.8) is 0 Å². The summed E-state index contributed by atoms with van der Waals surface area (Å²) in [5.41, 5.74) is 0.822. The van der Waals surface area contributed by atoms with Gasteiger partial charge in [-0.2, -0.15) is 24.3 Å². The Balaban J connectivity index is -0.000000175. The molecule has 0 saturated heterocycles. The topological polar surface area (TPSA) is 52.7 Å². The molecule has 0 aliphatic rings. The second kappa shape index (κ2) is 19.9. The molecule has 0 aliphatic carbocycles. The van der Waals surface area contributed by atoms with E-state index < -0.39 is 0 Å². The maximum atomic E-state index is 7.50. The van der Waals surface area contributed by atoms with Gasteiger partial charge in [0.1, 0.15) is 0 Å². The van der Waals surface area contributed by atoms with E-state index >= 15 is 0 Å². The second-order valence-electron chi connectivity index (χ2n) is 2.28. The number of pyridine rings is 1. The van der Waals surface area contributed by atoms with Crippen LogP contribution in [-0.4, -0.2) is 4.98 Å². The van der Waals surface area contributed by atoms with Crippen molar-refractivity contribution in [3.8, 4) is 0 Å². The van der Waals surface area contributed by atoms with E-state index in [0.717, 1.165) is 5.69 Å². The Morgan fingerprint density at radius 1 is 1.00 bits per heavy atom. The number of hydrogen-bond donors (Lipinski definition) is 0. The molecule has 0 spiro atoms. The first kappa shape index (κ1) is 20.7. The fraction of sp³-hybridized carbons (Fsp3) is 0. The van der Waals surface area contributed by atoms with Gasteiger partial charge in [-0.05, 0) is 0 Å². The van der Waals surface area contributed by atoms with Crippen molar-refractivity contribution in [1.82, 2.24) is 4.98 Å². The summed E-state index contributed by atoms with van der Waals surface area (Å²) < 4.78 is 15.0. The third-order valence-electron chi connectivity index (χ3n) is 1.28. The number of rotatable bonds is 0. The van der Waals surface area contributed by atoms with Gasteiger partial charge < -0.3 is 0 Å². The molecule has 0 saturated carbocycles. The van der Waals surface area contributed by atoms with Gasteiger partial charge in [0.05, 0.1) is 0 Å². The van der Waals surface area contributed by atoms with E-state index in [4.69, 9.17) is 9.30 Å². The van der Waals surface area contributed by atoms with Crippen LogP contribution in [-0.2, 0) is 26.4 Å². The summed E-state index contributed by atoms with van der Waals surface area (Å²) in [5.74, 6) is 0. The zero-order chi connectivity index (χ0) is 12.6. The summed E-state index contributed by atoms with van der Waals surface area (Å²) >= 11 is 0. The van der Waals surface area contributed by atoms with E-state index in [1.165, 1.54) is 0 Å². The molecule has 17 heavy (non-hydrogen) atoms. The summed E-state index contributed by atoms with van der Waals surface area (Å²) in [6.07, 6.45) is 1.72. The van der Waals surface area contributed by atoms with Crippen LogP contribution in [0.1, 0.15) is 5.69 Å². The van der Waals surface area contributed by atoms with Crippen molar-refractivity contribution in [3.05, 3.63) is 80.6 Å². The van der Waals surface area contributed by atoms with Gasteiger partial charge in [0.15, 0.2) is 0 Å². The van der Waals surface area contributed by atoms with Crippen LogP contribution < -0.4 is 0 Å². The quantitative estimate of drug-likeness (QED) is 0.412. The van der Waals surface area contributed by atoms with Gasteiger partial charge in [-0.15, -0.1) is 11.8 Å². The Morgan fingerprint density at radius 2 is 1.53 bits per heavy atom. The number of hydrogen-bond acceptors (Lipinski definition) is 1. The van der Waals surface area contributed by atoms with Crippen LogP contribution >= 0.6 is 0 Å². The Bertz CT molecular complexity index is 331. The van der Waals surface area contributed by atoms with Crippen LogP contribution in [0.5, 0.6) is 0 Å². The van der Waals surface area contributed by atoms with Gasteiger partial charge in [-0.3, -0.25) is 4.98 Å². The van der Waals surface area contributed by atoms with Gasteiger partial charge in [0, 0.05) is 23.3 Å². The van der Waals surface area contributed by atoms with E-state index in [0.29, 0.717) is 0 Å². The van der Waals surface area contributed by atoms with Crippen LogP contribution in [0.25, 0.3) is 0 Å². The van der Waals surface area contributed by atoms with E-state index in [2.05, 4.69) is 25.2 Å². The van der Waals surface area contributed by atoms with Crippen molar-refractivity contribution < 1.29 is 26.4 Å². The number of nitrogens with zero attached hydrogens (tertiary/aromatic N) is 1. The Hall–Kier alpha value is -1.63. The third kappa shape index (κ3) is 17.0. The van der Waals surface area contributed by atoms with E-state index in [9.17, 15) is 0 Å². The third-order valence-corrected chi connectivity index (χ3v) is 1.28. The minimum atomic E-state index is 0. The normalized spacial score (nSPS) is 6.12. The molecule has 0 unspecified atom stereocenters. The Labute approximate surface area is 112 Å². The van der Waals surface area contributed by atoms with Crippen molar-refractivity contribution in [2.45, 2.75) is 0 Å². The molecule has 2 rings (SSSR count). The molecule has 3 nitrogen and oxygen atoms in total. The molecule has 0 fully saturated rings. The number of aromatic nitrogens is 1. The Kier molecular flexibility index (Phi) is 24.2. The molecule has 0 atom stereocenters. The first-order valence-electron chi connectivity index (χ1n) is 4.20. The molecule has 1 heterocycles. The van der Waals surface area contributed by atoms with E-state index in [1.807, 2.05) is 48.5 Å². The van der Waals surface area contributed by atoms with Crippen LogP contribution in [0.2, 0.25) is 0 Å². The largest absolute Gasteiger partial charge is 0.296 e. The summed E-state index contributed by atoms with van der Waals surface area (Å²) in [4.78, 5) is 3.87. The maximum absolute atomic E-state index is 7.50. The molecule has 4 heteroatoms. The molecular weight excluding hydrogens is 258 g/mol. The molecule has 90 valence electrons. The van der Waals surface area contributed by atoms with Crippen LogP contribution in [0.15, 0.2) is 54.7 Å². The zero-order valence-electron chi connectivity index (χ0n) is 9.02. The van der Waals surface area contributed by atoms with Gasteiger partial charge in [0.25, 0.3) is 0 Å². The van der Waals surface area contributed by atoms with Crippen molar-refractivity contribution in [2.24, 2.45) is 0 Å². The van der Waals surface area contributed by atoms with Crippen LogP contribution in [0.4, 0.5) is 0 Å². The molecule has 2 aromatic rings. The van der Waals surface area contributed by atoms with Crippen molar-refractivity contribution in [2.75, 3.05) is 0 Å². The van der Waals surface area contributed by atoms with Crippen molar-refractivity contribution in [1.29, 1.82) is 0 Å². The van der Waals surface area contributed by atoms with Gasteiger partial charge >= 0.3 is 22.6 Å². The molecule has 0 radical (unpaired) electrons. The van der Waals surface area contributed by atoms with Gasteiger partial charge in [0.2, 0.25) is 0 Å². The molecule has 1 aromatic carbocycles. The van der Waals surface area contributed by atoms with E-state index in [1.54, 1.807) is 6.20 Å². The fourth-order valence-electron chi connectivity index (χ4n) is 0.719. The molecule has 0 aliphatic heterocycles. The predicted octanol–water partition coefficient (Wildman–Crippen LogP) is 2.59. The molecule has 1 aromatic heterocycles. The van der Waals surface area contributed by atoms with E-state index in [-0.39, 0.29) is 17.1 Å². The average Bonchev–Trinajstić information content (AvgIpc) is 2.94. The molecule has 0 amide bonds. The molecule has 0 N–H and O–H groups in total. The summed E-state index contributed by atoms with van der Waals surface area (Å²) in [6.45, 7) is 12.6. The Morgan fingerprint density at radius 3 is 1.71 bits per heavy atom. The minimum Gasteiger partial charge on any atom is -0.296 e. The smallest absolute Gasteiger partial charge is 0.0222 e. The van der Waals surface area contributed by atoms with Crippen LogP contribution in [0, 0.1) is 20.2 Å². The minimum absolute atomic E-state index is 0. The monoisotopic (exact) mass is 269 g/mol. The summed E-state index contributed by atoms with van der Waals surface area (Å²) in [6, 6.07) is 15.6. The standard InChI is InChI=1S/C6H6N.C5H5.2CO.Fe/c1-6-4-2-3-5-7-6;1-2-4-5-3-1;2*1-2;/h2-5H,1H2;1-5H;;;/q2*-1;;;. The van der Waals surface area contributed by atoms with Gasteiger partial charge in [-0.25, -0.2) is 19.1 Å². The SMILES string of the molecule is [C-]#[O+].[C-]#[O+].[CH2-]c1ccccn1.[Fe].c1cc[cH-]c1. The fourth-order valence-corrected chi connectivity index (χ4v) is 0.719. The van der Waals surface area contributed by atoms with Gasteiger partial charge in [-0.1, -0.05) is 6.07 Å². The van der Waals surface area contributed by atoms with Crippen LogP contribution in [0.3, 0.4) is 0 Å². The molecule has 0 bridgehead atoms.